The van der Waals surface area contributed by atoms with E-state index in [1.165, 1.54) is 18.7 Å². The Morgan fingerprint density at radius 3 is 2.75 bits per heavy atom. The fourth-order valence-corrected chi connectivity index (χ4v) is 6.18. The molecule has 1 aromatic carbocycles. The molecule has 196 valence electrons. The van der Waals surface area contributed by atoms with Crippen LogP contribution in [0.4, 0.5) is 0 Å². The Kier molecular flexibility index (Phi) is 9.05. The summed E-state index contributed by atoms with van der Waals surface area (Å²) in [6, 6.07) is 6.00. The van der Waals surface area contributed by atoms with Gasteiger partial charge in [-0.3, -0.25) is 4.79 Å². The smallest absolute Gasteiger partial charge is 0.343 e. The molecule has 7 heteroatoms. The molecular weight excluding hydrogens is 460 g/mol. The van der Waals surface area contributed by atoms with Crippen molar-refractivity contribution in [3.63, 3.8) is 0 Å². The Labute approximate surface area is 213 Å². The van der Waals surface area contributed by atoms with E-state index in [-0.39, 0.29) is 37.1 Å². The highest BCUT2D eigenvalue weighted by molar-refractivity contribution is 5.83. The lowest BCUT2D eigenvalue weighted by Crippen LogP contribution is -2.30. The summed E-state index contributed by atoms with van der Waals surface area (Å²) in [6.07, 6.45) is 11.1. The van der Waals surface area contributed by atoms with Crippen LogP contribution in [-0.2, 0) is 41.4 Å². The van der Waals surface area contributed by atoms with Crippen LogP contribution in [0.25, 0.3) is 0 Å². The minimum atomic E-state index is -0.409. The first kappa shape index (κ1) is 26.2. The largest absolute Gasteiger partial charge is 0.482 e. The van der Waals surface area contributed by atoms with Crippen molar-refractivity contribution in [1.82, 2.24) is 0 Å². The van der Waals surface area contributed by atoms with E-state index in [0.29, 0.717) is 11.8 Å². The molecule has 0 radical (unpaired) electrons. The first-order valence-electron chi connectivity index (χ1n) is 13.4. The molecule has 4 rings (SSSR count). The van der Waals surface area contributed by atoms with Crippen LogP contribution in [0.3, 0.4) is 0 Å². The zero-order valence-corrected chi connectivity index (χ0v) is 21.4. The molecule has 36 heavy (non-hydrogen) atoms. The summed E-state index contributed by atoms with van der Waals surface area (Å²) in [5.74, 6) is 0.596. The van der Waals surface area contributed by atoms with Gasteiger partial charge < -0.3 is 18.9 Å². The zero-order valence-electron chi connectivity index (χ0n) is 21.4. The minimum Gasteiger partial charge on any atom is -0.482 e. The van der Waals surface area contributed by atoms with E-state index in [4.69, 9.17) is 18.9 Å². The molecule has 7 nitrogen and oxygen atoms in total. The van der Waals surface area contributed by atoms with Gasteiger partial charge in [0.05, 0.1) is 13.5 Å². The van der Waals surface area contributed by atoms with Crippen LogP contribution < -0.4 is 4.74 Å². The highest BCUT2D eigenvalue weighted by Crippen LogP contribution is 2.49. The lowest BCUT2D eigenvalue weighted by Gasteiger charge is -2.33. The number of hydrogen-bond donors (Lipinski definition) is 0. The predicted molar refractivity (Wildman–Crippen MR) is 133 cm³/mol. The molecular formula is C29H38O7. The summed E-state index contributed by atoms with van der Waals surface area (Å²) in [5.41, 5.74) is 2.36. The van der Waals surface area contributed by atoms with E-state index < -0.39 is 11.9 Å². The molecule has 1 fully saturated rings. The quantitative estimate of drug-likeness (QED) is 0.305. The zero-order chi connectivity index (χ0) is 25.5. The summed E-state index contributed by atoms with van der Waals surface area (Å²) in [7, 11) is 1.35. The van der Waals surface area contributed by atoms with Crippen molar-refractivity contribution in [1.29, 1.82) is 0 Å². The molecule has 0 unspecified atom stereocenters. The van der Waals surface area contributed by atoms with Gasteiger partial charge in [-0.2, -0.15) is 0 Å². The van der Waals surface area contributed by atoms with Crippen molar-refractivity contribution in [2.45, 2.75) is 83.3 Å². The van der Waals surface area contributed by atoms with Gasteiger partial charge in [0.15, 0.2) is 6.61 Å². The lowest BCUT2D eigenvalue weighted by molar-refractivity contribution is -0.149. The molecule has 0 saturated heterocycles. The summed E-state index contributed by atoms with van der Waals surface area (Å²) < 4.78 is 22.3. The van der Waals surface area contributed by atoms with Gasteiger partial charge >= 0.3 is 17.9 Å². The van der Waals surface area contributed by atoms with E-state index in [1.807, 2.05) is 12.1 Å². The van der Waals surface area contributed by atoms with Gasteiger partial charge in [0.1, 0.15) is 18.0 Å². The maximum Gasteiger partial charge on any atom is 0.343 e. The Balaban J connectivity index is 1.53. The van der Waals surface area contributed by atoms with E-state index >= 15 is 0 Å². The van der Waals surface area contributed by atoms with Gasteiger partial charge in [-0.1, -0.05) is 38.0 Å². The maximum absolute atomic E-state index is 12.5. The fraction of sp³-hybridized carbons (Fsp3) is 0.621. The van der Waals surface area contributed by atoms with Crippen LogP contribution in [0.2, 0.25) is 0 Å². The molecule has 0 N–H and O–H groups in total. The van der Waals surface area contributed by atoms with Crippen molar-refractivity contribution in [3.8, 4) is 5.75 Å². The molecule has 2 aliphatic carbocycles. The van der Waals surface area contributed by atoms with Crippen LogP contribution in [0, 0.1) is 17.8 Å². The number of carbonyl (C=O) groups is 3. The highest BCUT2D eigenvalue weighted by Gasteiger charge is 2.47. The molecule has 0 aromatic heterocycles. The number of hydrogen-bond acceptors (Lipinski definition) is 7. The van der Waals surface area contributed by atoms with Crippen LogP contribution in [0.1, 0.15) is 69.4 Å². The van der Waals surface area contributed by atoms with E-state index in [0.717, 1.165) is 69.1 Å². The van der Waals surface area contributed by atoms with E-state index in [1.54, 1.807) is 6.08 Å². The third kappa shape index (κ3) is 6.48. The van der Waals surface area contributed by atoms with Gasteiger partial charge in [-0.05, 0) is 79.9 Å². The van der Waals surface area contributed by atoms with Gasteiger partial charge in [0.25, 0.3) is 0 Å². The van der Waals surface area contributed by atoms with Crippen molar-refractivity contribution in [2.75, 3.05) is 13.7 Å². The SMILES string of the molecule is CCCCC[C@H]1CC[C@@H]2[C@H]3Cc4cccc(OCC(=O)OC)c4C[C@H]3C[C@H]2OC(=O)/C=C\CC(=O)O1. The number of fused-ring (bicyclic) bond motifs is 4. The number of benzene rings is 1. The van der Waals surface area contributed by atoms with Crippen molar-refractivity contribution >= 4 is 17.9 Å². The Hall–Kier alpha value is -2.83. The number of esters is 3. The summed E-state index contributed by atoms with van der Waals surface area (Å²) in [5, 5.41) is 0. The van der Waals surface area contributed by atoms with Gasteiger partial charge in [-0.15, -0.1) is 0 Å². The first-order chi connectivity index (χ1) is 17.5. The predicted octanol–water partition coefficient (Wildman–Crippen LogP) is 4.73. The normalized spacial score (nSPS) is 28.8. The molecule has 3 aliphatic rings. The molecule has 5 atom stereocenters. The molecule has 1 heterocycles. The third-order valence-corrected chi connectivity index (χ3v) is 7.95. The molecule has 1 aliphatic heterocycles. The van der Waals surface area contributed by atoms with Gasteiger partial charge in [0, 0.05) is 6.08 Å². The van der Waals surface area contributed by atoms with Gasteiger partial charge in [-0.25, -0.2) is 9.59 Å². The molecule has 0 bridgehead atoms. The number of ether oxygens (including phenoxy) is 4. The Morgan fingerprint density at radius 2 is 1.94 bits per heavy atom. The second-order valence-corrected chi connectivity index (χ2v) is 10.3. The first-order valence-corrected chi connectivity index (χ1v) is 13.4. The maximum atomic E-state index is 12.5. The molecule has 0 spiro atoms. The minimum absolute atomic E-state index is 0.0857. The number of methoxy groups -OCH3 is 1. The van der Waals surface area contributed by atoms with Crippen LogP contribution in [0.15, 0.2) is 30.4 Å². The topological polar surface area (TPSA) is 88.1 Å². The summed E-state index contributed by atoms with van der Waals surface area (Å²) >= 11 is 0. The monoisotopic (exact) mass is 498 g/mol. The van der Waals surface area contributed by atoms with E-state index in [2.05, 4.69) is 13.0 Å². The van der Waals surface area contributed by atoms with Crippen LogP contribution in [-0.4, -0.2) is 43.8 Å². The number of unbranched alkanes of at least 4 members (excludes halogenated alkanes) is 2. The van der Waals surface area contributed by atoms with Gasteiger partial charge in [0.2, 0.25) is 0 Å². The van der Waals surface area contributed by atoms with E-state index in [9.17, 15) is 14.4 Å². The van der Waals surface area contributed by atoms with Crippen molar-refractivity contribution < 1.29 is 33.3 Å². The average Bonchev–Trinajstić information content (AvgIpc) is 3.19. The van der Waals surface area contributed by atoms with Crippen molar-refractivity contribution in [3.05, 3.63) is 41.5 Å². The number of cyclic esters (lactones) is 1. The lowest BCUT2D eigenvalue weighted by atomic mass is 9.73. The Morgan fingerprint density at radius 1 is 1.08 bits per heavy atom. The number of carbonyl (C=O) groups excluding carboxylic acids is 3. The summed E-state index contributed by atoms with van der Waals surface area (Å²) in [4.78, 5) is 36.4. The molecule has 0 amide bonds. The third-order valence-electron chi connectivity index (χ3n) is 7.95. The van der Waals surface area contributed by atoms with Crippen LogP contribution >= 0.6 is 0 Å². The molecule has 1 saturated carbocycles. The second kappa shape index (κ2) is 12.4. The van der Waals surface area contributed by atoms with Crippen LogP contribution in [0.5, 0.6) is 5.75 Å². The fourth-order valence-electron chi connectivity index (χ4n) is 6.18. The average molecular weight is 499 g/mol. The van der Waals surface area contributed by atoms with Crippen molar-refractivity contribution in [2.24, 2.45) is 17.8 Å². The number of rotatable bonds is 7. The molecule has 1 aromatic rings. The highest BCUT2D eigenvalue weighted by atomic mass is 16.6. The standard InChI is InChI=1S/C29H38O7/c1-3-4-5-9-21-13-14-22-23-15-19-8-6-10-25(34-18-29(32)33-2)24(19)16-20(23)17-26(22)36-28(31)12-7-11-27(30)35-21/h6-8,10,12,20-23,26H,3-5,9,11,13-18H2,1-2H3/b12-7-/t20-,21-,22+,23-,26+/m0/s1. The summed E-state index contributed by atoms with van der Waals surface area (Å²) in [6.45, 7) is 2.05. The Bertz CT molecular complexity index is 968. The second-order valence-electron chi connectivity index (χ2n) is 10.3.